The predicted molar refractivity (Wildman–Crippen MR) is 98.9 cm³/mol. The monoisotopic (exact) mass is 367 g/mol. The highest BCUT2D eigenvalue weighted by molar-refractivity contribution is 6.00. The summed E-state index contributed by atoms with van der Waals surface area (Å²) in [5.74, 6) is 1.89. The highest BCUT2D eigenvalue weighted by atomic mass is 16.5. The van der Waals surface area contributed by atoms with E-state index in [9.17, 15) is 9.59 Å². The van der Waals surface area contributed by atoms with E-state index in [1.807, 2.05) is 0 Å². The maximum Gasteiger partial charge on any atom is 0.246 e. The standard InChI is InChI=1S/C21H21NO5/c1-25-16-4-6-17-18(23)14-21(27-19(17)13-16)8-10-22(11-9-21)20(24)7-5-15-3-2-12-26-15/h2-7,12-13H,8-11,14H2,1H3/b7-5+. The van der Waals surface area contributed by atoms with Crippen molar-refractivity contribution < 1.29 is 23.5 Å². The van der Waals surface area contributed by atoms with E-state index in [4.69, 9.17) is 13.9 Å². The lowest BCUT2D eigenvalue weighted by molar-refractivity contribution is -0.129. The molecule has 3 heterocycles. The van der Waals surface area contributed by atoms with E-state index in [1.54, 1.807) is 54.7 Å². The van der Waals surface area contributed by atoms with Crippen molar-refractivity contribution in [1.29, 1.82) is 0 Å². The van der Waals surface area contributed by atoms with Gasteiger partial charge in [0.05, 0.1) is 25.4 Å². The second-order valence-electron chi connectivity index (χ2n) is 6.92. The predicted octanol–water partition coefficient (Wildman–Crippen LogP) is 3.33. The van der Waals surface area contributed by atoms with Gasteiger partial charge in [0.2, 0.25) is 5.91 Å². The number of likely N-dealkylation sites (tertiary alicyclic amines) is 1. The molecule has 2 aromatic rings. The van der Waals surface area contributed by atoms with E-state index < -0.39 is 5.60 Å². The lowest BCUT2D eigenvalue weighted by Crippen LogP contribution is -2.52. The van der Waals surface area contributed by atoms with Gasteiger partial charge in [-0.15, -0.1) is 0 Å². The molecule has 1 fully saturated rings. The average Bonchev–Trinajstić information content (AvgIpc) is 3.20. The molecule has 6 heteroatoms. The molecule has 1 amide bonds. The molecule has 4 rings (SSSR count). The number of ketones is 1. The number of methoxy groups -OCH3 is 1. The summed E-state index contributed by atoms with van der Waals surface area (Å²) in [4.78, 5) is 26.7. The van der Waals surface area contributed by atoms with Crippen molar-refractivity contribution in [3.63, 3.8) is 0 Å². The van der Waals surface area contributed by atoms with Gasteiger partial charge in [-0.05, 0) is 30.3 Å². The average molecular weight is 367 g/mol. The van der Waals surface area contributed by atoms with Gasteiger partial charge in [-0.2, -0.15) is 0 Å². The number of ether oxygens (including phenoxy) is 2. The summed E-state index contributed by atoms with van der Waals surface area (Å²) in [5.41, 5.74) is 0.0547. The molecule has 1 spiro atoms. The molecular formula is C21H21NO5. The van der Waals surface area contributed by atoms with Crippen LogP contribution in [0.15, 0.2) is 47.1 Å². The van der Waals surface area contributed by atoms with Crippen LogP contribution in [0.5, 0.6) is 11.5 Å². The Bertz CT molecular complexity index is 876. The number of fused-ring (bicyclic) bond motifs is 1. The molecule has 140 valence electrons. The Labute approximate surface area is 157 Å². The van der Waals surface area contributed by atoms with Gasteiger partial charge in [-0.1, -0.05) is 0 Å². The summed E-state index contributed by atoms with van der Waals surface area (Å²) in [7, 11) is 1.59. The van der Waals surface area contributed by atoms with E-state index >= 15 is 0 Å². The van der Waals surface area contributed by atoms with Gasteiger partial charge in [0, 0.05) is 38.1 Å². The largest absolute Gasteiger partial charge is 0.497 e. The Balaban J connectivity index is 1.43. The summed E-state index contributed by atoms with van der Waals surface area (Å²) in [5, 5.41) is 0. The van der Waals surface area contributed by atoms with Gasteiger partial charge in [-0.25, -0.2) is 0 Å². The van der Waals surface area contributed by atoms with Gasteiger partial charge in [0.25, 0.3) is 0 Å². The first kappa shape index (κ1) is 17.4. The number of hydrogen-bond acceptors (Lipinski definition) is 5. The van der Waals surface area contributed by atoms with Crippen LogP contribution in [-0.4, -0.2) is 42.4 Å². The quantitative estimate of drug-likeness (QED) is 0.779. The first-order valence-corrected chi connectivity index (χ1v) is 8.99. The molecule has 0 saturated carbocycles. The van der Waals surface area contributed by atoms with E-state index in [2.05, 4.69) is 0 Å². The van der Waals surface area contributed by atoms with E-state index in [0.29, 0.717) is 55.2 Å². The molecule has 1 aromatic carbocycles. The fraction of sp³-hybridized carbons (Fsp3) is 0.333. The molecule has 0 N–H and O–H groups in total. The van der Waals surface area contributed by atoms with E-state index in [0.717, 1.165) is 0 Å². The Morgan fingerprint density at radius 2 is 2.07 bits per heavy atom. The molecule has 2 aliphatic heterocycles. The molecular weight excluding hydrogens is 346 g/mol. The lowest BCUT2D eigenvalue weighted by Gasteiger charge is -2.43. The number of piperidine rings is 1. The Hall–Kier alpha value is -3.02. The van der Waals surface area contributed by atoms with Crippen LogP contribution in [0.2, 0.25) is 0 Å². The van der Waals surface area contributed by atoms with Crippen molar-refractivity contribution in [2.75, 3.05) is 20.2 Å². The minimum atomic E-state index is -0.544. The zero-order chi connectivity index (χ0) is 18.9. The molecule has 27 heavy (non-hydrogen) atoms. The smallest absolute Gasteiger partial charge is 0.246 e. The highest BCUT2D eigenvalue weighted by Crippen LogP contribution is 2.40. The molecule has 0 bridgehead atoms. The molecule has 0 atom stereocenters. The molecule has 0 unspecified atom stereocenters. The minimum absolute atomic E-state index is 0.0644. The summed E-state index contributed by atoms with van der Waals surface area (Å²) >= 11 is 0. The second-order valence-corrected chi connectivity index (χ2v) is 6.92. The van der Waals surface area contributed by atoms with E-state index in [-0.39, 0.29) is 11.7 Å². The molecule has 1 saturated heterocycles. The fourth-order valence-electron chi connectivity index (χ4n) is 3.66. The number of amides is 1. The van der Waals surface area contributed by atoms with Crippen molar-refractivity contribution >= 4 is 17.8 Å². The van der Waals surface area contributed by atoms with Crippen molar-refractivity contribution in [3.8, 4) is 11.5 Å². The number of furan rings is 1. The Kier molecular flexibility index (Phi) is 4.48. The number of carbonyl (C=O) groups is 2. The topological polar surface area (TPSA) is 69.0 Å². The van der Waals surface area contributed by atoms with Crippen LogP contribution in [0.25, 0.3) is 6.08 Å². The molecule has 0 aliphatic carbocycles. The summed E-state index contributed by atoms with van der Waals surface area (Å²) in [6.07, 6.45) is 6.33. The van der Waals surface area contributed by atoms with Crippen LogP contribution >= 0.6 is 0 Å². The molecule has 0 radical (unpaired) electrons. The SMILES string of the molecule is COc1ccc2c(c1)OC1(CCN(C(=O)/C=C/c3ccco3)CC1)CC2=O. The number of hydrogen-bond donors (Lipinski definition) is 0. The number of carbonyl (C=O) groups excluding carboxylic acids is 2. The maximum absolute atomic E-state index is 12.6. The van der Waals surface area contributed by atoms with Crippen LogP contribution in [0.1, 0.15) is 35.4 Å². The van der Waals surface area contributed by atoms with Gasteiger partial charge in [0.15, 0.2) is 5.78 Å². The van der Waals surface area contributed by atoms with Gasteiger partial charge < -0.3 is 18.8 Å². The van der Waals surface area contributed by atoms with Crippen LogP contribution in [0.4, 0.5) is 0 Å². The van der Waals surface area contributed by atoms with Crippen LogP contribution in [0.3, 0.4) is 0 Å². The lowest BCUT2D eigenvalue weighted by atomic mass is 9.82. The maximum atomic E-state index is 12.6. The van der Waals surface area contributed by atoms with Crippen molar-refractivity contribution in [2.45, 2.75) is 24.9 Å². The molecule has 2 aliphatic rings. The normalized spacial score (nSPS) is 18.4. The summed E-state index contributed by atoms with van der Waals surface area (Å²) < 4.78 is 16.7. The summed E-state index contributed by atoms with van der Waals surface area (Å²) in [6.45, 7) is 1.10. The highest BCUT2D eigenvalue weighted by Gasteiger charge is 2.43. The zero-order valence-corrected chi connectivity index (χ0v) is 15.1. The number of benzene rings is 1. The third kappa shape index (κ3) is 3.47. The third-order valence-corrected chi connectivity index (χ3v) is 5.22. The first-order chi connectivity index (χ1) is 13.1. The second kappa shape index (κ2) is 6.95. The van der Waals surface area contributed by atoms with Crippen molar-refractivity contribution in [1.82, 2.24) is 4.90 Å². The number of nitrogens with zero attached hydrogens (tertiary/aromatic N) is 1. The van der Waals surface area contributed by atoms with Crippen molar-refractivity contribution in [3.05, 3.63) is 54.0 Å². The Morgan fingerprint density at radius 3 is 2.78 bits per heavy atom. The van der Waals surface area contributed by atoms with Gasteiger partial charge in [0.1, 0.15) is 22.9 Å². The number of rotatable bonds is 3. The molecule has 1 aromatic heterocycles. The van der Waals surface area contributed by atoms with Crippen LogP contribution < -0.4 is 9.47 Å². The Morgan fingerprint density at radius 1 is 1.26 bits per heavy atom. The fourth-order valence-corrected chi connectivity index (χ4v) is 3.66. The van der Waals surface area contributed by atoms with Gasteiger partial charge >= 0.3 is 0 Å². The summed E-state index contributed by atoms with van der Waals surface area (Å²) in [6, 6.07) is 8.85. The van der Waals surface area contributed by atoms with Crippen molar-refractivity contribution in [2.24, 2.45) is 0 Å². The molecule has 6 nitrogen and oxygen atoms in total. The number of Topliss-reactive ketones (excluding diaryl/α,β-unsaturated/α-hetero) is 1. The van der Waals surface area contributed by atoms with Gasteiger partial charge in [-0.3, -0.25) is 9.59 Å². The first-order valence-electron chi connectivity index (χ1n) is 8.99. The third-order valence-electron chi connectivity index (χ3n) is 5.22. The van der Waals surface area contributed by atoms with Crippen LogP contribution in [-0.2, 0) is 4.79 Å². The van der Waals surface area contributed by atoms with Crippen LogP contribution in [0, 0.1) is 0 Å². The van der Waals surface area contributed by atoms with E-state index in [1.165, 1.54) is 6.08 Å². The minimum Gasteiger partial charge on any atom is -0.497 e. The zero-order valence-electron chi connectivity index (χ0n) is 15.1.